The molecule has 2 heterocycles. The number of carbonyl (C=O) groups excluding carboxylic acids is 1. The smallest absolute Gasteiger partial charge is 0.256 e. The summed E-state index contributed by atoms with van der Waals surface area (Å²) in [5.41, 5.74) is 2.68. The third-order valence-corrected chi connectivity index (χ3v) is 7.49. The maximum absolute atomic E-state index is 13.9. The van der Waals surface area contributed by atoms with E-state index < -0.39 is 17.4 Å². The summed E-state index contributed by atoms with van der Waals surface area (Å²) in [6, 6.07) is 13.9. The van der Waals surface area contributed by atoms with Gasteiger partial charge in [0.15, 0.2) is 6.10 Å². The molecule has 2 N–H and O–H groups in total. The molecular formula is C29H32FN3O3. The first-order chi connectivity index (χ1) is 17.1. The molecule has 0 saturated heterocycles. The van der Waals surface area contributed by atoms with Gasteiger partial charge in [0.05, 0.1) is 23.2 Å². The Labute approximate surface area is 210 Å². The predicted molar refractivity (Wildman–Crippen MR) is 135 cm³/mol. The van der Waals surface area contributed by atoms with Crippen molar-refractivity contribution in [1.82, 2.24) is 14.9 Å². The van der Waals surface area contributed by atoms with Gasteiger partial charge < -0.3 is 15.0 Å². The van der Waals surface area contributed by atoms with Crippen LogP contribution in [0.5, 0.6) is 0 Å². The summed E-state index contributed by atoms with van der Waals surface area (Å²) in [5.74, 6) is -0.164. The summed E-state index contributed by atoms with van der Waals surface area (Å²) < 4.78 is 13.9. The molecule has 1 aliphatic heterocycles. The molecule has 1 atom stereocenters. The lowest BCUT2D eigenvalue weighted by molar-refractivity contribution is -0.141. The van der Waals surface area contributed by atoms with E-state index in [9.17, 15) is 19.1 Å². The Bertz CT molecular complexity index is 1370. The van der Waals surface area contributed by atoms with Crippen LogP contribution in [-0.2, 0) is 28.6 Å². The molecule has 6 nitrogen and oxygen atoms in total. The Morgan fingerprint density at radius 2 is 1.92 bits per heavy atom. The number of amides is 1. The van der Waals surface area contributed by atoms with Crippen LogP contribution in [0, 0.1) is 5.82 Å². The lowest BCUT2D eigenvalue weighted by Gasteiger charge is -2.25. The van der Waals surface area contributed by atoms with E-state index in [0.717, 1.165) is 24.0 Å². The second-order valence-corrected chi connectivity index (χ2v) is 11.1. The van der Waals surface area contributed by atoms with Crippen molar-refractivity contribution in [1.29, 1.82) is 0 Å². The predicted octanol–water partition coefficient (Wildman–Crippen LogP) is 4.29. The van der Waals surface area contributed by atoms with Gasteiger partial charge in [0.25, 0.3) is 11.5 Å². The van der Waals surface area contributed by atoms with Crippen molar-refractivity contribution in [2.24, 2.45) is 0 Å². The highest BCUT2D eigenvalue weighted by molar-refractivity contribution is 5.82. The van der Waals surface area contributed by atoms with Crippen LogP contribution in [0.15, 0.2) is 53.3 Å². The minimum Gasteiger partial charge on any atom is -0.378 e. The first-order valence-electron chi connectivity index (χ1n) is 12.5. The molecule has 2 aromatic carbocycles. The molecule has 1 unspecified atom stereocenters. The summed E-state index contributed by atoms with van der Waals surface area (Å²) in [6.07, 6.45) is 1.48. The van der Waals surface area contributed by atoms with Gasteiger partial charge in [0.1, 0.15) is 11.6 Å². The summed E-state index contributed by atoms with van der Waals surface area (Å²) in [7, 11) is 0. The second kappa shape index (κ2) is 8.96. The number of aromatic amines is 1. The van der Waals surface area contributed by atoms with E-state index in [4.69, 9.17) is 4.98 Å². The molecule has 36 heavy (non-hydrogen) atoms. The third kappa shape index (κ3) is 4.48. The number of rotatable bonds is 4. The fourth-order valence-electron chi connectivity index (χ4n) is 5.10. The van der Waals surface area contributed by atoms with Gasteiger partial charge in [-0.05, 0) is 59.9 Å². The average molecular weight is 490 g/mol. The van der Waals surface area contributed by atoms with Gasteiger partial charge in [-0.2, -0.15) is 0 Å². The van der Waals surface area contributed by atoms with Gasteiger partial charge in [-0.1, -0.05) is 57.2 Å². The Morgan fingerprint density at radius 1 is 1.17 bits per heavy atom. The first-order valence-corrected chi connectivity index (χ1v) is 12.5. The highest BCUT2D eigenvalue weighted by Gasteiger charge is 2.49. The van der Waals surface area contributed by atoms with Gasteiger partial charge in [-0.25, -0.2) is 9.37 Å². The summed E-state index contributed by atoms with van der Waals surface area (Å²) in [5, 5.41) is 10.9. The minimum absolute atomic E-state index is 0.0970. The summed E-state index contributed by atoms with van der Waals surface area (Å²) in [4.78, 5) is 35.8. The average Bonchev–Trinajstić information content (AvgIpc) is 3.67. The number of halogens is 1. The Morgan fingerprint density at radius 3 is 2.61 bits per heavy atom. The number of aliphatic hydroxyl groups excluding tert-OH is 1. The van der Waals surface area contributed by atoms with E-state index in [2.05, 4.69) is 25.8 Å². The number of aromatic nitrogens is 2. The molecule has 1 aromatic heterocycles. The zero-order valence-corrected chi connectivity index (χ0v) is 21.0. The molecule has 0 spiro atoms. The zero-order chi connectivity index (χ0) is 25.7. The van der Waals surface area contributed by atoms with E-state index >= 15 is 0 Å². The number of hydrogen-bond donors (Lipinski definition) is 2. The SMILES string of the molecule is CC(C)(C)c1cccc(C(O)C(=O)N2CCCc3nc(C4(c5cccc(F)c5)CC4)[nH]c(=O)c3C2)c1. The van der Waals surface area contributed by atoms with Gasteiger partial charge in [-0.3, -0.25) is 9.59 Å². The largest absolute Gasteiger partial charge is 0.378 e. The number of fused-ring (bicyclic) bond motifs is 1. The van der Waals surface area contributed by atoms with Crippen molar-refractivity contribution >= 4 is 5.91 Å². The summed E-state index contributed by atoms with van der Waals surface area (Å²) in [6.45, 7) is 6.77. The molecular weight excluding hydrogens is 457 g/mol. The van der Waals surface area contributed by atoms with Crippen LogP contribution in [-0.4, -0.2) is 32.4 Å². The summed E-state index contributed by atoms with van der Waals surface area (Å²) >= 11 is 0. The van der Waals surface area contributed by atoms with Gasteiger partial charge in [-0.15, -0.1) is 0 Å². The molecule has 1 saturated carbocycles. The number of H-pyrrole nitrogens is 1. The number of nitrogens with zero attached hydrogens (tertiary/aromatic N) is 2. The molecule has 1 aliphatic carbocycles. The topological polar surface area (TPSA) is 86.3 Å². The highest BCUT2D eigenvalue weighted by Crippen LogP contribution is 2.52. The van der Waals surface area contributed by atoms with Crippen LogP contribution in [0.4, 0.5) is 4.39 Å². The van der Waals surface area contributed by atoms with Crippen molar-refractivity contribution in [2.45, 2.75) is 69.9 Å². The number of benzene rings is 2. The molecule has 0 bridgehead atoms. The number of hydrogen-bond acceptors (Lipinski definition) is 4. The van der Waals surface area contributed by atoms with Crippen molar-refractivity contribution in [3.8, 4) is 0 Å². The fraction of sp³-hybridized carbons (Fsp3) is 0.414. The van der Waals surface area contributed by atoms with Crippen LogP contribution in [0.3, 0.4) is 0 Å². The van der Waals surface area contributed by atoms with Crippen molar-refractivity contribution in [3.63, 3.8) is 0 Å². The van der Waals surface area contributed by atoms with Crippen LogP contribution < -0.4 is 5.56 Å². The monoisotopic (exact) mass is 489 g/mol. The maximum Gasteiger partial charge on any atom is 0.256 e. The zero-order valence-electron chi connectivity index (χ0n) is 21.0. The van der Waals surface area contributed by atoms with Gasteiger partial charge >= 0.3 is 0 Å². The number of aliphatic hydroxyl groups is 1. The molecule has 3 aromatic rings. The minimum atomic E-state index is -1.30. The van der Waals surface area contributed by atoms with Crippen molar-refractivity contribution < 1.29 is 14.3 Å². The van der Waals surface area contributed by atoms with E-state index in [1.807, 2.05) is 24.3 Å². The lowest BCUT2D eigenvalue weighted by atomic mass is 9.85. The van der Waals surface area contributed by atoms with Gasteiger partial charge in [0.2, 0.25) is 0 Å². The first kappa shape index (κ1) is 24.4. The Kier molecular flexibility index (Phi) is 6.07. The standard InChI is InChI=1S/C29H32FN3O3/c1-28(2,3)19-8-4-7-18(15-19)24(34)26(36)33-14-6-11-23-22(17-33)25(35)32-27(31-23)29(12-13-29)20-9-5-10-21(30)16-20/h4-5,7-10,15-16,24,34H,6,11-14,17H2,1-3H3,(H,31,32,35). The molecule has 5 rings (SSSR count). The van der Waals surface area contributed by atoms with E-state index in [1.54, 1.807) is 17.0 Å². The number of aryl methyl sites for hydroxylation is 1. The number of nitrogens with one attached hydrogen (secondary N) is 1. The van der Waals surface area contributed by atoms with E-state index in [-0.39, 0.29) is 23.3 Å². The number of carbonyl (C=O) groups is 1. The van der Waals surface area contributed by atoms with Gasteiger partial charge in [0, 0.05) is 6.54 Å². The van der Waals surface area contributed by atoms with Crippen LogP contribution in [0.25, 0.3) is 0 Å². The second-order valence-electron chi connectivity index (χ2n) is 11.1. The van der Waals surface area contributed by atoms with Crippen LogP contribution >= 0.6 is 0 Å². The van der Waals surface area contributed by atoms with Crippen LogP contribution in [0.2, 0.25) is 0 Å². The quantitative estimate of drug-likeness (QED) is 0.572. The fourth-order valence-corrected chi connectivity index (χ4v) is 5.10. The molecule has 7 heteroatoms. The van der Waals surface area contributed by atoms with E-state index in [0.29, 0.717) is 42.0 Å². The highest BCUT2D eigenvalue weighted by atomic mass is 19.1. The molecule has 0 radical (unpaired) electrons. The molecule has 188 valence electrons. The van der Waals surface area contributed by atoms with E-state index in [1.165, 1.54) is 12.1 Å². The third-order valence-electron chi connectivity index (χ3n) is 7.49. The van der Waals surface area contributed by atoms with Crippen LogP contribution in [0.1, 0.15) is 79.9 Å². The molecule has 1 fully saturated rings. The maximum atomic E-state index is 13.9. The van der Waals surface area contributed by atoms with Crippen molar-refractivity contribution in [2.75, 3.05) is 6.54 Å². The Hall–Kier alpha value is -3.32. The molecule has 1 amide bonds. The molecule has 2 aliphatic rings. The van der Waals surface area contributed by atoms with Crippen molar-refractivity contribution in [3.05, 3.63) is 98.5 Å². The normalized spacial score (nSPS) is 17.8. The lowest BCUT2D eigenvalue weighted by Crippen LogP contribution is -2.36. The Balaban J connectivity index is 1.41.